The van der Waals surface area contributed by atoms with Crippen molar-refractivity contribution in [2.75, 3.05) is 0 Å². The molecule has 1 saturated heterocycles. The predicted molar refractivity (Wildman–Crippen MR) is 31.6 cm³/mol. The summed E-state index contributed by atoms with van der Waals surface area (Å²) in [5.41, 5.74) is 0. The van der Waals surface area contributed by atoms with E-state index in [2.05, 4.69) is 4.74 Å². The Balaban J connectivity index is 2.51. The van der Waals surface area contributed by atoms with Crippen LogP contribution >= 0.6 is 0 Å². The Morgan fingerprint density at radius 1 is 1.42 bits per heavy atom. The number of carbonyl (C=O) groups is 1. The van der Waals surface area contributed by atoms with Crippen LogP contribution in [0.3, 0.4) is 0 Å². The lowest BCUT2D eigenvalue weighted by molar-refractivity contribution is -0.216. The fourth-order valence-electron chi connectivity index (χ4n) is 1.06. The molecule has 12 heavy (non-hydrogen) atoms. The quantitative estimate of drug-likeness (QED) is 0.665. The standard InChI is InChI=1S/C6H7F3O3/c7-6(8,9)4-2-1-3(12-4)5(10)11/h3-4H,1-2H2,(H,10,11)/t3-,4+/m0/s1. The van der Waals surface area contributed by atoms with Crippen molar-refractivity contribution in [1.29, 1.82) is 0 Å². The Morgan fingerprint density at radius 3 is 2.25 bits per heavy atom. The van der Waals surface area contributed by atoms with E-state index < -0.39 is 24.4 Å². The van der Waals surface area contributed by atoms with Crippen molar-refractivity contribution in [2.24, 2.45) is 0 Å². The number of hydrogen-bond acceptors (Lipinski definition) is 2. The van der Waals surface area contributed by atoms with Gasteiger partial charge in [0.15, 0.2) is 12.2 Å². The van der Waals surface area contributed by atoms with E-state index >= 15 is 0 Å². The van der Waals surface area contributed by atoms with Crippen molar-refractivity contribution in [3.05, 3.63) is 0 Å². The summed E-state index contributed by atoms with van der Waals surface area (Å²) in [5.74, 6) is -1.33. The Kier molecular flexibility index (Phi) is 2.27. The molecule has 0 aliphatic carbocycles. The lowest BCUT2D eigenvalue weighted by Crippen LogP contribution is -2.30. The lowest BCUT2D eigenvalue weighted by atomic mass is 10.2. The Bertz CT molecular complexity index is 189. The molecule has 0 amide bonds. The third kappa shape index (κ3) is 1.88. The molecule has 0 spiro atoms. The molecule has 2 atom stereocenters. The molecule has 0 aromatic rings. The summed E-state index contributed by atoms with van der Waals surface area (Å²) in [6, 6.07) is 0. The molecule has 0 radical (unpaired) electrons. The summed E-state index contributed by atoms with van der Waals surface area (Å²) in [7, 11) is 0. The smallest absolute Gasteiger partial charge is 0.414 e. The molecular weight excluding hydrogens is 177 g/mol. The minimum atomic E-state index is -4.44. The van der Waals surface area contributed by atoms with Crippen LogP contribution in [0.15, 0.2) is 0 Å². The molecule has 1 rings (SSSR count). The van der Waals surface area contributed by atoms with Gasteiger partial charge in [-0.05, 0) is 12.8 Å². The SMILES string of the molecule is O=C(O)[C@@H]1CC[C@H](C(F)(F)F)O1. The topological polar surface area (TPSA) is 46.5 Å². The summed E-state index contributed by atoms with van der Waals surface area (Å²) in [6.07, 6.45) is -7.97. The van der Waals surface area contributed by atoms with Gasteiger partial charge in [-0.25, -0.2) is 4.79 Å². The van der Waals surface area contributed by atoms with Gasteiger partial charge in [0.05, 0.1) is 0 Å². The van der Waals surface area contributed by atoms with Crippen molar-refractivity contribution < 1.29 is 27.8 Å². The van der Waals surface area contributed by atoms with Gasteiger partial charge in [0.1, 0.15) is 0 Å². The lowest BCUT2D eigenvalue weighted by Gasteiger charge is -2.14. The molecule has 0 aromatic heterocycles. The Labute approximate surface area is 66.1 Å². The number of carboxylic acid groups (broad SMARTS) is 1. The van der Waals surface area contributed by atoms with Crippen molar-refractivity contribution in [1.82, 2.24) is 0 Å². The Hall–Kier alpha value is -0.780. The highest BCUT2D eigenvalue weighted by atomic mass is 19.4. The number of ether oxygens (including phenoxy) is 1. The molecule has 0 aromatic carbocycles. The summed E-state index contributed by atoms with van der Waals surface area (Å²) in [6.45, 7) is 0. The second-order valence-electron chi connectivity index (χ2n) is 2.57. The van der Waals surface area contributed by atoms with Crippen LogP contribution < -0.4 is 0 Å². The first kappa shape index (κ1) is 9.31. The number of alkyl halides is 3. The normalized spacial score (nSPS) is 30.6. The second-order valence-corrected chi connectivity index (χ2v) is 2.57. The molecule has 1 N–H and O–H groups in total. The first-order valence-electron chi connectivity index (χ1n) is 3.36. The van der Waals surface area contributed by atoms with E-state index in [1.807, 2.05) is 0 Å². The van der Waals surface area contributed by atoms with Crippen LogP contribution in [-0.4, -0.2) is 29.5 Å². The van der Waals surface area contributed by atoms with Crippen molar-refractivity contribution in [3.8, 4) is 0 Å². The van der Waals surface area contributed by atoms with Gasteiger partial charge in [0.25, 0.3) is 0 Å². The van der Waals surface area contributed by atoms with Gasteiger partial charge in [-0.1, -0.05) is 0 Å². The molecule has 1 fully saturated rings. The van der Waals surface area contributed by atoms with E-state index in [1.165, 1.54) is 0 Å². The summed E-state index contributed by atoms with van der Waals surface area (Å²) in [5, 5.41) is 8.30. The van der Waals surface area contributed by atoms with Crippen molar-refractivity contribution in [3.63, 3.8) is 0 Å². The third-order valence-electron chi connectivity index (χ3n) is 1.66. The number of carboxylic acids is 1. The maximum atomic E-state index is 11.9. The van der Waals surface area contributed by atoms with Crippen LogP contribution in [0, 0.1) is 0 Å². The molecular formula is C6H7F3O3. The fourth-order valence-corrected chi connectivity index (χ4v) is 1.06. The predicted octanol–water partition coefficient (Wildman–Crippen LogP) is 1.18. The molecule has 3 nitrogen and oxygen atoms in total. The van der Waals surface area contributed by atoms with Gasteiger partial charge < -0.3 is 9.84 Å². The highest BCUT2D eigenvalue weighted by Crippen LogP contribution is 2.32. The number of hydrogen-bond donors (Lipinski definition) is 1. The van der Waals surface area contributed by atoms with Crippen LogP contribution in [0.4, 0.5) is 13.2 Å². The molecule has 70 valence electrons. The first-order chi connectivity index (χ1) is 5.41. The summed E-state index contributed by atoms with van der Waals surface area (Å²) in [4.78, 5) is 10.2. The van der Waals surface area contributed by atoms with Crippen molar-refractivity contribution in [2.45, 2.75) is 31.2 Å². The maximum absolute atomic E-state index is 11.9. The molecule has 1 aliphatic heterocycles. The van der Waals surface area contributed by atoms with Crippen LogP contribution in [-0.2, 0) is 9.53 Å². The fraction of sp³-hybridized carbons (Fsp3) is 0.833. The van der Waals surface area contributed by atoms with Crippen LogP contribution in [0.1, 0.15) is 12.8 Å². The first-order valence-corrected chi connectivity index (χ1v) is 3.36. The van der Waals surface area contributed by atoms with Crippen LogP contribution in [0.25, 0.3) is 0 Å². The minimum Gasteiger partial charge on any atom is -0.479 e. The van der Waals surface area contributed by atoms with Gasteiger partial charge >= 0.3 is 12.1 Å². The molecule has 0 bridgehead atoms. The van der Waals surface area contributed by atoms with E-state index in [9.17, 15) is 18.0 Å². The van der Waals surface area contributed by atoms with E-state index in [4.69, 9.17) is 5.11 Å². The van der Waals surface area contributed by atoms with Gasteiger partial charge in [-0.3, -0.25) is 0 Å². The summed E-state index contributed by atoms with van der Waals surface area (Å²) >= 11 is 0. The second kappa shape index (κ2) is 2.93. The molecule has 1 heterocycles. The van der Waals surface area contributed by atoms with E-state index in [-0.39, 0.29) is 12.8 Å². The molecule has 0 saturated carbocycles. The van der Waals surface area contributed by atoms with E-state index in [0.29, 0.717) is 0 Å². The highest BCUT2D eigenvalue weighted by molar-refractivity contribution is 5.72. The van der Waals surface area contributed by atoms with Crippen LogP contribution in [0.2, 0.25) is 0 Å². The van der Waals surface area contributed by atoms with Gasteiger partial charge in [0.2, 0.25) is 0 Å². The minimum absolute atomic E-state index is 0.0699. The maximum Gasteiger partial charge on any atom is 0.414 e. The average molecular weight is 184 g/mol. The monoisotopic (exact) mass is 184 g/mol. The Morgan fingerprint density at radius 2 is 2.00 bits per heavy atom. The highest BCUT2D eigenvalue weighted by Gasteiger charge is 2.47. The zero-order valence-corrected chi connectivity index (χ0v) is 5.97. The van der Waals surface area contributed by atoms with Gasteiger partial charge in [-0.15, -0.1) is 0 Å². The van der Waals surface area contributed by atoms with Gasteiger partial charge in [0, 0.05) is 0 Å². The summed E-state index contributed by atoms with van der Waals surface area (Å²) < 4.78 is 39.9. The largest absolute Gasteiger partial charge is 0.479 e. The zero-order chi connectivity index (χ0) is 9.35. The molecule has 1 aliphatic rings. The number of halogens is 3. The molecule has 6 heteroatoms. The zero-order valence-electron chi connectivity index (χ0n) is 5.97. The third-order valence-corrected chi connectivity index (χ3v) is 1.66. The number of aliphatic carboxylic acids is 1. The molecule has 0 unspecified atom stereocenters. The van der Waals surface area contributed by atoms with E-state index in [1.54, 1.807) is 0 Å². The number of rotatable bonds is 1. The van der Waals surface area contributed by atoms with E-state index in [0.717, 1.165) is 0 Å². The van der Waals surface area contributed by atoms with Crippen molar-refractivity contribution >= 4 is 5.97 Å². The van der Waals surface area contributed by atoms with Gasteiger partial charge in [-0.2, -0.15) is 13.2 Å². The van der Waals surface area contributed by atoms with Crippen LogP contribution in [0.5, 0.6) is 0 Å². The average Bonchev–Trinajstić information content (AvgIpc) is 2.30.